The molecule has 2 aromatic carbocycles. The second-order valence-electron chi connectivity index (χ2n) is 7.53. The van der Waals surface area contributed by atoms with E-state index in [1.165, 1.54) is 0 Å². The Morgan fingerprint density at radius 3 is 2.39 bits per heavy atom. The Labute approximate surface area is 205 Å². The number of benzene rings is 2. The molecule has 9 heteroatoms. The summed E-state index contributed by atoms with van der Waals surface area (Å²) >= 11 is 17.8. The lowest BCUT2D eigenvalue weighted by Gasteiger charge is -2.37. The predicted molar refractivity (Wildman–Crippen MR) is 132 cm³/mol. The Hall–Kier alpha value is -3.13. The van der Waals surface area contributed by atoms with Gasteiger partial charge in [0.15, 0.2) is 5.11 Å². The number of allylic oxidation sites excluding steroid dienone is 1. The van der Waals surface area contributed by atoms with E-state index >= 15 is 0 Å². The zero-order valence-electron chi connectivity index (χ0n) is 17.5. The number of halogens is 2. The van der Waals surface area contributed by atoms with Crippen LogP contribution in [0.1, 0.15) is 30.2 Å². The summed E-state index contributed by atoms with van der Waals surface area (Å²) in [6.07, 6.45) is 1.64. The molecule has 1 aliphatic rings. The zero-order chi connectivity index (χ0) is 22.9. The summed E-state index contributed by atoms with van der Waals surface area (Å²) in [5, 5.41) is 9.49. The molecule has 166 valence electrons. The number of thiocarbonyl (C=S) groups is 1. The first-order valence-electron chi connectivity index (χ1n) is 10.2. The molecular formula is C24H18Cl2N4O2S. The standard InChI is InChI=1S/C24H18Cl2N4O2S/c1-14-20(23-28-22(29-32-23)16-6-10-18(26)11-7-16)21(15-4-8-17(25)9-5-15)27-24(33)30(14)13-19-3-2-12-31-19/h2-12,21H,13H2,1H3,(H,27,33). The average molecular weight is 497 g/mol. The highest BCUT2D eigenvalue weighted by molar-refractivity contribution is 7.80. The summed E-state index contributed by atoms with van der Waals surface area (Å²) in [6, 6.07) is 18.4. The molecule has 1 atom stereocenters. The minimum atomic E-state index is -0.291. The lowest BCUT2D eigenvalue weighted by Crippen LogP contribution is -2.45. The highest BCUT2D eigenvalue weighted by Crippen LogP contribution is 2.38. The Balaban J connectivity index is 1.59. The fraction of sp³-hybridized carbons (Fsp3) is 0.125. The first-order chi connectivity index (χ1) is 16.0. The molecule has 2 aromatic heterocycles. The Bertz CT molecular complexity index is 1320. The maximum Gasteiger partial charge on any atom is 0.258 e. The molecule has 3 heterocycles. The summed E-state index contributed by atoms with van der Waals surface area (Å²) in [5.74, 6) is 1.66. The van der Waals surface area contributed by atoms with Crippen molar-refractivity contribution in [2.45, 2.75) is 19.5 Å². The van der Waals surface area contributed by atoms with Crippen molar-refractivity contribution in [2.24, 2.45) is 0 Å². The van der Waals surface area contributed by atoms with Gasteiger partial charge in [0, 0.05) is 21.3 Å². The van der Waals surface area contributed by atoms with E-state index < -0.39 is 0 Å². The zero-order valence-corrected chi connectivity index (χ0v) is 19.8. The van der Waals surface area contributed by atoms with Crippen molar-refractivity contribution in [2.75, 3.05) is 0 Å². The molecule has 0 saturated heterocycles. The Morgan fingerprint density at radius 1 is 1.03 bits per heavy atom. The lowest BCUT2D eigenvalue weighted by molar-refractivity contribution is 0.382. The number of hydrogen-bond acceptors (Lipinski definition) is 5. The van der Waals surface area contributed by atoms with Crippen LogP contribution < -0.4 is 5.32 Å². The number of nitrogens with zero attached hydrogens (tertiary/aromatic N) is 3. The second kappa shape index (κ2) is 9.02. The minimum absolute atomic E-state index is 0.291. The maximum atomic E-state index is 6.12. The van der Waals surface area contributed by atoms with Crippen LogP contribution in [0.15, 0.2) is 81.6 Å². The van der Waals surface area contributed by atoms with Gasteiger partial charge >= 0.3 is 0 Å². The van der Waals surface area contributed by atoms with Crippen molar-refractivity contribution < 1.29 is 8.94 Å². The van der Waals surface area contributed by atoms with E-state index in [4.69, 9.17) is 49.3 Å². The fourth-order valence-corrected chi connectivity index (χ4v) is 4.33. The summed E-state index contributed by atoms with van der Waals surface area (Å²) in [6.45, 7) is 2.46. The minimum Gasteiger partial charge on any atom is -0.467 e. The van der Waals surface area contributed by atoms with Crippen molar-refractivity contribution in [3.05, 3.63) is 99.9 Å². The molecule has 1 aliphatic heterocycles. The van der Waals surface area contributed by atoms with Crippen molar-refractivity contribution in [1.82, 2.24) is 20.4 Å². The van der Waals surface area contributed by atoms with Crippen molar-refractivity contribution in [3.8, 4) is 11.4 Å². The van der Waals surface area contributed by atoms with E-state index in [0.717, 1.165) is 28.2 Å². The SMILES string of the molecule is CC1=C(c2nc(-c3ccc(Cl)cc3)no2)C(c2ccc(Cl)cc2)NC(=S)N1Cc1ccco1. The van der Waals surface area contributed by atoms with Crippen LogP contribution in [0, 0.1) is 0 Å². The highest BCUT2D eigenvalue weighted by atomic mass is 35.5. The molecule has 0 bridgehead atoms. The van der Waals surface area contributed by atoms with Gasteiger partial charge in [0.2, 0.25) is 5.82 Å². The largest absolute Gasteiger partial charge is 0.467 e. The van der Waals surface area contributed by atoms with Gasteiger partial charge in [-0.05, 0) is 73.2 Å². The third-order valence-corrected chi connectivity index (χ3v) is 6.29. The summed E-state index contributed by atoms with van der Waals surface area (Å²) in [7, 11) is 0. The lowest BCUT2D eigenvalue weighted by atomic mass is 9.95. The Kier molecular flexibility index (Phi) is 5.93. The smallest absolute Gasteiger partial charge is 0.258 e. The quantitative estimate of drug-likeness (QED) is 0.316. The number of rotatable bonds is 5. The number of aromatic nitrogens is 2. The second-order valence-corrected chi connectivity index (χ2v) is 8.79. The van der Waals surface area contributed by atoms with Crippen LogP contribution in [0.5, 0.6) is 0 Å². The topological polar surface area (TPSA) is 67.3 Å². The van der Waals surface area contributed by atoms with E-state index in [-0.39, 0.29) is 6.04 Å². The van der Waals surface area contributed by atoms with Crippen LogP contribution in [0.3, 0.4) is 0 Å². The van der Waals surface area contributed by atoms with Crippen LogP contribution in [0.25, 0.3) is 17.0 Å². The van der Waals surface area contributed by atoms with Gasteiger partial charge in [0.05, 0.1) is 24.4 Å². The number of nitrogens with one attached hydrogen (secondary N) is 1. The summed E-state index contributed by atoms with van der Waals surface area (Å²) in [5.41, 5.74) is 3.49. The molecule has 0 amide bonds. The third kappa shape index (κ3) is 4.39. The van der Waals surface area contributed by atoms with E-state index in [2.05, 4.69) is 10.5 Å². The molecular weight excluding hydrogens is 479 g/mol. The van der Waals surface area contributed by atoms with Crippen LogP contribution in [-0.2, 0) is 6.54 Å². The van der Waals surface area contributed by atoms with Crippen LogP contribution >= 0.6 is 35.4 Å². The highest BCUT2D eigenvalue weighted by Gasteiger charge is 2.34. The molecule has 33 heavy (non-hydrogen) atoms. The third-order valence-electron chi connectivity index (χ3n) is 5.45. The number of hydrogen-bond donors (Lipinski definition) is 1. The molecule has 6 nitrogen and oxygen atoms in total. The molecule has 0 radical (unpaired) electrons. The van der Waals surface area contributed by atoms with Crippen LogP contribution in [0.4, 0.5) is 0 Å². The molecule has 1 N–H and O–H groups in total. The molecule has 0 saturated carbocycles. The monoisotopic (exact) mass is 496 g/mol. The van der Waals surface area contributed by atoms with E-state index in [0.29, 0.717) is 33.4 Å². The van der Waals surface area contributed by atoms with E-state index in [9.17, 15) is 0 Å². The first-order valence-corrected chi connectivity index (χ1v) is 11.3. The molecule has 5 rings (SSSR count). The van der Waals surface area contributed by atoms with Gasteiger partial charge in [-0.25, -0.2) is 0 Å². The molecule has 1 unspecified atom stereocenters. The van der Waals surface area contributed by atoms with Crippen LogP contribution in [-0.4, -0.2) is 20.2 Å². The van der Waals surface area contributed by atoms with Crippen molar-refractivity contribution in [1.29, 1.82) is 0 Å². The first kappa shape index (κ1) is 21.7. The molecule has 0 spiro atoms. The van der Waals surface area contributed by atoms with Gasteiger partial charge < -0.3 is 19.2 Å². The Morgan fingerprint density at radius 2 is 1.73 bits per heavy atom. The van der Waals surface area contributed by atoms with Gasteiger partial charge in [-0.3, -0.25) is 0 Å². The van der Waals surface area contributed by atoms with Crippen LogP contribution in [0.2, 0.25) is 10.0 Å². The van der Waals surface area contributed by atoms with Crippen molar-refractivity contribution >= 4 is 46.1 Å². The number of furan rings is 1. The van der Waals surface area contributed by atoms with Gasteiger partial charge in [-0.2, -0.15) is 4.98 Å². The fourth-order valence-electron chi connectivity index (χ4n) is 3.76. The summed E-state index contributed by atoms with van der Waals surface area (Å²) in [4.78, 5) is 6.66. The van der Waals surface area contributed by atoms with E-state index in [1.54, 1.807) is 18.4 Å². The average Bonchev–Trinajstić information content (AvgIpc) is 3.50. The van der Waals surface area contributed by atoms with E-state index in [1.807, 2.05) is 60.4 Å². The normalized spacial score (nSPS) is 16.3. The maximum absolute atomic E-state index is 6.12. The molecule has 4 aromatic rings. The molecule has 0 fully saturated rings. The summed E-state index contributed by atoms with van der Waals surface area (Å²) < 4.78 is 11.3. The molecule has 0 aliphatic carbocycles. The van der Waals surface area contributed by atoms with Gasteiger partial charge in [0.1, 0.15) is 5.76 Å². The predicted octanol–water partition coefficient (Wildman–Crippen LogP) is 6.50. The van der Waals surface area contributed by atoms with Gasteiger partial charge in [-0.15, -0.1) is 0 Å². The van der Waals surface area contributed by atoms with Gasteiger partial charge in [0.25, 0.3) is 5.89 Å². The van der Waals surface area contributed by atoms with Crippen molar-refractivity contribution in [3.63, 3.8) is 0 Å². The van der Waals surface area contributed by atoms with Gasteiger partial charge in [-0.1, -0.05) is 40.5 Å².